The van der Waals surface area contributed by atoms with Gasteiger partial charge in [-0.1, -0.05) is 98.0 Å². The molecule has 1 atom stereocenters. The van der Waals surface area contributed by atoms with Gasteiger partial charge in [0.1, 0.15) is 5.16 Å². The van der Waals surface area contributed by atoms with E-state index in [2.05, 4.69) is 45.0 Å². The summed E-state index contributed by atoms with van der Waals surface area (Å²) in [4.78, 5) is 6.84. The number of hydrogen-bond donors (Lipinski definition) is 0. The van der Waals surface area contributed by atoms with Crippen molar-refractivity contribution in [1.82, 2.24) is 14.7 Å². The number of aromatic nitrogens is 2. The van der Waals surface area contributed by atoms with Gasteiger partial charge in [-0.3, -0.25) is 0 Å². The first-order chi connectivity index (χ1) is 15.7. The van der Waals surface area contributed by atoms with Crippen molar-refractivity contribution in [2.24, 2.45) is 4.99 Å². The van der Waals surface area contributed by atoms with E-state index in [0.717, 1.165) is 28.3 Å². The lowest BCUT2D eigenvalue weighted by atomic mass is 9.85. The molecule has 0 amide bonds. The van der Waals surface area contributed by atoms with Crippen molar-refractivity contribution >= 4 is 46.5 Å². The van der Waals surface area contributed by atoms with Crippen molar-refractivity contribution in [1.29, 1.82) is 0 Å². The van der Waals surface area contributed by atoms with Gasteiger partial charge >= 0.3 is 0 Å². The van der Waals surface area contributed by atoms with Gasteiger partial charge in [-0.25, -0.2) is 9.67 Å². The highest BCUT2D eigenvalue weighted by Gasteiger charge is 2.40. The Morgan fingerprint density at radius 2 is 1.58 bits per heavy atom. The topological polar surface area (TPSA) is 33.4 Å². The number of fused-ring (bicyclic) bond motifs is 2. The van der Waals surface area contributed by atoms with Crippen LogP contribution in [-0.4, -0.2) is 20.5 Å². The Hall–Kier alpha value is -2.53. The minimum absolute atomic E-state index is 0.0506. The Balaban J connectivity index is 1.76. The first-order valence-electron chi connectivity index (χ1n) is 10.7. The Labute approximate surface area is 208 Å². The van der Waals surface area contributed by atoms with Crippen LogP contribution in [0.2, 0.25) is 0 Å². The number of benzene rings is 2. The average molecular weight is 498 g/mol. The van der Waals surface area contributed by atoms with Crippen molar-refractivity contribution < 1.29 is 0 Å². The van der Waals surface area contributed by atoms with Gasteiger partial charge in [0.25, 0.3) is 0 Å². The zero-order valence-corrected chi connectivity index (χ0v) is 21.0. The largest absolute Gasteiger partial charge is 0.302 e. The summed E-state index contributed by atoms with van der Waals surface area (Å²) in [6, 6.07) is 18.3. The fraction of sp³-hybridized carbons (Fsp3) is 0.231. The fourth-order valence-corrected chi connectivity index (χ4v) is 5.05. The molecule has 2 aliphatic heterocycles. The molecule has 0 bridgehead atoms. The van der Waals surface area contributed by atoms with Crippen molar-refractivity contribution in [3.8, 4) is 5.69 Å². The summed E-state index contributed by atoms with van der Waals surface area (Å²) in [7, 11) is 0. The van der Waals surface area contributed by atoms with E-state index >= 15 is 0 Å². The maximum absolute atomic E-state index is 6.76. The van der Waals surface area contributed by atoms with Crippen LogP contribution < -0.4 is 0 Å². The van der Waals surface area contributed by atoms with Gasteiger partial charge in [0.05, 0.1) is 27.5 Å². The third-order valence-electron chi connectivity index (χ3n) is 6.02. The second-order valence-corrected chi connectivity index (χ2v) is 10.5. The molecule has 5 rings (SSSR count). The van der Waals surface area contributed by atoms with E-state index in [1.807, 2.05) is 46.8 Å². The molecule has 1 aromatic heterocycles. The summed E-state index contributed by atoms with van der Waals surface area (Å²) in [5.41, 5.74) is 5.13. The van der Waals surface area contributed by atoms with Crippen molar-refractivity contribution in [3.05, 3.63) is 98.3 Å². The third kappa shape index (κ3) is 3.71. The van der Waals surface area contributed by atoms with E-state index in [9.17, 15) is 0 Å². The van der Waals surface area contributed by atoms with E-state index in [4.69, 9.17) is 44.9 Å². The Morgan fingerprint density at radius 1 is 0.909 bits per heavy atom. The molecule has 7 heteroatoms. The first kappa shape index (κ1) is 22.3. The third-order valence-corrected chi connectivity index (χ3v) is 7.07. The summed E-state index contributed by atoms with van der Waals surface area (Å²) in [5.74, 6) is 1.30. The molecule has 0 N–H and O–H groups in total. The van der Waals surface area contributed by atoms with Crippen LogP contribution in [0.5, 0.6) is 0 Å². The summed E-state index contributed by atoms with van der Waals surface area (Å²) < 4.78 is 1.86. The Morgan fingerprint density at radius 3 is 2.21 bits per heavy atom. The van der Waals surface area contributed by atoms with E-state index in [0.29, 0.717) is 21.1 Å². The number of para-hydroxylation sites is 1. The molecule has 0 aliphatic carbocycles. The monoisotopic (exact) mass is 496 g/mol. The van der Waals surface area contributed by atoms with Crippen molar-refractivity contribution in [2.45, 2.75) is 39.2 Å². The van der Waals surface area contributed by atoms with Gasteiger partial charge < -0.3 is 4.90 Å². The van der Waals surface area contributed by atoms with Crippen LogP contribution in [0, 0.1) is 6.92 Å². The minimum atomic E-state index is -0.275. The standard InChI is InChI=1S/C26H23Cl3N4/c1-15-21-22(16-10-12-17(13-11-16)26(2,3)4)32-23(29)19(27)14-20(28)24(32)30-25(21)33(31-15)18-8-6-5-7-9-18/h5-14,22H,1-4H3/t22-/m1/s1. The van der Waals surface area contributed by atoms with Gasteiger partial charge in [0.15, 0.2) is 11.7 Å². The highest BCUT2D eigenvalue weighted by molar-refractivity contribution is 6.49. The van der Waals surface area contributed by atoms with Crippen LogP contribution in [0.15, 0.2) is 80.9 Å². The summed E-state index contributed by atoms with van der Waals surface area (Å²) >= 11 is 19.9. The van der Waals surface area contributed by atoms with Crippen LogP contribution in [-0.2, 0) is 5.41 Å². The van der Waals surface area contributed by atoms with Gasteiger partial charge in [-0.2, -0.15) is 5.10 Å². The van der Waals surface area contributed by atoms with Crippen molar-refractivity contribution in [3.63, 3.8) is 0 Å². The van der Waals surface area contributed by atoms with Gasteiger partial charge in [0.2, 0.25) is 0 Å². The normalized spacial score (nSPS) is 18.0. The zero-order valence-electron chi connectivity index (χ0n) is 18.8. The molecule has 3 heterocycles. The molecule has 3 aromatic rings. The molecule has 2 aliphatic rings. The SMILES string of the molecule is Cc1nn(-c2ccccc2)c2c1[C@@H](c1ccc(C(C)(C)C)cc1)N1C(=N2)C(Cl)=CC(Cl)=C1Cl. The predicted molar refractivity (Wildman–Crippen MR) is 137 cm³/mol. The van der Waals surface area contributed by atoms with Crippen LogP contribution in [0.25, 0.3) is 5.69 Å². The van der Waals surface area contributed by atoms with Crippen LogP contribution >= 0.6 is 34.8 Å². The molecule has 0 fully saturated rings. The second-order valence-electron chi connectivity index (χ2n) is 9.28. The lowest BCUT2D eigenvalue weighted by Crippen LogP contribution is -2.38. The number of allylic oxidation sites excluding steroid dienone is 2. The summed E-state index contributed by atoms with van der Waals surface area (Å²) in [6.45, 7) is 8.60. The summed E-state index contributed by atoms with van der Waals surface area (Å²) in [6.07, 6.45) is 1.64. The van der Waals surface area contributed by atoms with Gasteiger partial charge in [0, 0.05) is 5.56 Å². The molecular formula is C26H23Cl3N4. The number of rotatable bonds is 2. The lowest BCUT2D eigenvalue weighted by molar-refractivity contribution is 0.448. The van der Waals surface area contributed by atoms with Gasteiger partial charge in [-0.05, 0) is 41.7 Å². The number of aliphatic imine (C=N–C) groups is 1. The maximum Gasteiger partial charge on any atom is 0.164 e. The number of nitrogens with zero attached hydrogens (tertiary/aromatic N) is 4. The molecule has 0 saturated carbocycles. The molecule has 2 aromatic carbocycles. The second kappa shape index (κ2) is 8.05. The van der Waals surface area contributed by atoms with Crippen LogP contribution in [0.3, 0.4) is 0 Å². The average Bonchev–Trinajstić information content (AvgIpc) is 3.12. The maximum atomic E-state index is 6.76. The van der Waals surface area contributed by atoms with Crippen LogP contribution in [0.4, 0.5) is 5.82 Å². The van der Waals surface area contributed by atoms with E-state index in [-0.39, 0.29) is 11.5 Å². The van der Waals surface area contributed by atoms with Crippen LogP contribution in [0.1, 0.15) is 49.2 Å². The van der Waals surface area contributed by atoms with E-state index in [1.165, 1.54) is 5.56 Å². The Kier molecular flexibility index (Phi) is 5.43. The van der Waals surface area contributed by atoms with E-state index < -0.39 is 0 Å². The quantitative estimate of drug-likeness (QED) is 0.340. The number of aryl methyl sites for hydroxylation is 1. The molecule has 0 unspecified atom stereocenters. The number of halogens is 3. The van der Waals surface area contributed by atoms with Crippen molar-refractivity contribution in [2.75, 3.05) is 0 Å². The molecule has 168 valence electrons. The highest BCUT2D eigenvalue weighted by atomic mass is 35.5. The molecule has 0 saturated heterocycles. The van der Waals surface area contributed by atoms with Gasteiger partial charge in [-0.15, -0.1) is 0 Å². The number of hydrogen-bond acceptors (Lipinski definition) is 3. The highest BCUT2D eigenvalue weighted by Crippen LogP contribution is 2.48. The van der Waals surface area contributed by atoms with E-state index in [1.54, 1.807) is 6.08 Å². The molecule has 0 spiro atoms. The summed E-state index contributed by atoms with van der Waals surface area (Å²) in [5, 5.41) is 6.06. The minimum Gasteiger partial charge on any atom is -0.302 e. The lowest BCUT2D eigenvalue weighted by Gasteiger charge is -2.39. The smallest absolute Gasteiger partial charge is 0.164 e. The number of amidine groups is 1. The predicted octanol–water partition coefficient (Wildman–Crippen LogP) is 7.70. The first-order valence-corrected chi connectivity index (χ1v) is 11.9. The molecule has 0 radical (unpaired) electrons. The molecule has 4 nitrogen and oxygen atoms in total. The Bertz CT molecular complexity index is 1330. The molecular weight excluding hydrogens is 475 g/mol. The zero-order chi connectivity index (χ0) is 23.5. The fourth-order valence-electron chi connectivity index (χ4n) is 4.32. The molecule has 33 heavy (non-hydrogen) atoms.